The average molecular weight is 335 g/mol. The summed E-state index contributed by atoms with van der Waals surface area (Å²) in [5.41, 5.74) is 1.30. The molecule has 0 unspecified atom stereocenters. The van der Waals surface area contributed by atoms with E-state index in [4.69, 9.17) is 4.74 Å². The summed E-state index contributed by atoms with van der Waals surface area (Å²) in [4.78, 5) is 2.44. The third-order valence-electron chi connectivity index (χ3n) is 5.49. The molecule has 1 aromatic carbocycles. The molecule has 0 amide bonds. The standard InChI is InChI=1S/C20H30FNO2/c1-19(2)8-16-9-20(3,13-19)14-22(16)10-17(23)12-24-11-15-6-4-5-7-18(15)21/h4-7,16-17,23H,8-14H2,1-3H3/t16-,17-,20-/m1/s1. The van der Waals surface area contributed by atoms with Gasteiger partial charge in [0.05, 0.1) is 19.3 Å². The number of fused-ring (bicyclic) bond motifs is 2. The summed E-state index contributed by atoms with van der Waals surface area (Å²) in [6, 6.07) is 7.18. The average Bonchev–Trinajstić information content (AvgIpc) is 2.69. The van der Waals surface area contributed by atoms with Crippen molar-refractivity contribution >= 4 is 0 Å². The maximum atomic E-state index is 13.6. The Bertz CT molecular complexity index is 577. The van der Waals surface area contributed by atoms with E-state index in [0.29, 0.717) is 29.0 Å². The summed E-state index contributed by atoms with van der Waals surface area (Å²) in [6.45, 7) is 9.25. The van der Waals surface area contributed by atoms with Crippen LogP contribution in [-0.4, -0.2) is 41.8 Å². The van der Waals surface area contributed by atoms with Gasteiger partial charge >= 0.3 is 0 Å². The Morgan fingerprint density at radius 1 is 1.29 bits per heavy atom. The lowest BCUT2D eigenvalue weighted by Gasteiger charge is -2.40. The van der Waals surface area contributed by atoms with Gasteiger partial charge < -0.3 is 9.84 Å². The van der Waals surface area contributed by atoms with E-state index in [1.807, 2.05) is 0 Å². The normalized spacial score (nSPS) is 30.5. The lowest BCUT2D eigenvalue weighted by molar-refractivity contribution is 0.00536. The molecule has 0 aromatic heterocycles. The number of β-amino-alcohol motifs (C(OH)–C–C–N with tert-alkyl or cyclic N) is 1. The molecule has 134 valence electrons. The molecule has 1 N–H and O–H groups in total. The zero-order valence-corrected chi connectivity index (χ0v) is 15.1. The molecule has 1 aliphatic heterocycles. The topological polar surface area (TPSA) is 32.7 Å². The monoisotopic (exact) mass is 335 g/mol. The molecular weight excluding hydrogens is 305 g/mol. The minimum absolute atomic E-state index is 0.206. The highest BCUT2D eigenvalue weighted by Gasteiger charge is 2.49. The van der Waals surface area contributed by atoms with E-state index in [0.717, 1.165) is 6.54 Å². The van der Waals surface area contributed by atoms with Crippen LogP contribution >= 0.6 is 0 Å². The van der Waals surface area contributed by atoms with Gasteiger partial charge in [-0.15, -0.1) is 0 Å². The van der Waals surface area contributed by atoms with E-state index in [-0.39, 0.29) is 19.0 Å². The molecule has 0 spiro atoms. The molecule has 1 heterocycles. The summed E-state index contributed by atoms with van der Waals surface area (Å²) in [5, 5.41) is 10.3. The van der Waals surface area contributed by atoms with E-state index in [9.17, 15) is 9.50 Å². The number of ether oxygens (including phenoxy) is 1. The molecule has 3 atom stereocenters. The van der Waals surface area contributed by atoms with Crippen LogP contribution in [0.25, 0.3) is 0 Å². The van der Waals surface area contributed by atoms with Gasteiger partial charge in [-0.1, -0.05) is 39.0 Å². The first kappa shape index (κ1) is 17.8. The van der Waals surface area contributed by atoms with Crippen LogP contribution in [0.3, 0.4) is 0 Å². The minimum atomic E-state index is -0.525. The first-order chi connectivity index (χ1) is 11.3. The van der Waals surface area contributed by atoms with Crippen LogP contribution in [0, 0.1) is 16.6 Å². The van der Waals surface area contributed by atoms with Crippen molar-refractivity contribution in [3.8, 4) is 0 Å². The highest BCUT2D eigenvalue weighted by Crippen LogP contribution is 2.52. The third kappa shape index (κ3) is 4.16. The second kappa shape index (κ2) is 6.74. The van der Waals surface area contributed by atoms with Crippen LogP contribution in [0.1, 0.15) is 45.6 Å². The Labute approximate surface area is 144 Å². The van der Waals surface area contributed by atoms with Gasteiger partial charge in [-0.2, -0.15) is 0 Å². The number of halogens is 1. The van der Waals surface area contributed by atoms with Crippen molar-refractivity contribution in [3.63, 3.8) is 0 Å². The van der Waals surface area contributed by atoms with E-state index in [2.05, 4.69) is 25.7 Å². The highest BCUT2D eigenvalue weighted by atomic mass is 19.1. The number of benzene rings is 1. The van der Waals surface area contributed by atoms with Crippen LogP contribution < -0.4 is 0 Å². The molecule has 1 aliphatic carbocycles. The van der Waals surface area contributed by atoms with E-state index in [1.54, 1.807) is 18.2 Å². The second-order valence-electron chi connectivity index (χ2n) is 8.90. The zero-order chi connectivity index (χ0) is 17.4. The molecule has 3 nitrogen and oxygen atoms in total. The van der Waals surface area contributed by atoms with Gasteiger partial charge in [0.1, 0.15) is 5.82 Å². The number of likely N-dealkylation sites (tertiary alicyclic amines) is 1. The highest BCUT2D eigenvalue weighted by molar-refractivity contribution is 5.16. The predicted molar refractivity (Wildman–Crippen MR) is 93.2 cm³/mol. The summed E-state index contributed by atoms with van der Waals surface area (Å²) in [5.74, 6) is -0.254. The quantitative estimate of drug-likeness (QED) is 0.862. The van der Waals surface area contributed by atoms with Gasteiger partial charge in [0, 0.05) is 24.7 Å². The maximum absolute atomic E-state index is 13.6. The summed E-state index contributed by atoms with van der Waals surface area (Å²) < 4.78 is 19.1. The van der Waals surface area contributed by atoms with Crippen molar-refractivity contribution in [1.82, 2.24) is 4.90 Å². The van der Waals surface area contributed by atoms with Gasteiger partial charge in [0.25, 0.3) is 0 Å². The van der Waals surface area contributed by atoms with Crippen LogP contribution in [-0.2, 0) is 11.3 Å². The lowest BCUT2D eigenvalue weighted by atomic mass is 9.65. The SMILES string of the molecule is CC1(C)C[C@@H]2C[C@@](C)(CN2C[C@@H](O)COCc2ccccc2F)C1. The van der Waals surface area contributed by atoms with Crippen LogP contribution in [0.2, 0.25) is 0 Å². The first-order valence-electron chi connectivity index (χ1n) is 9.00. The van der Waals surface area contributed by atoms with Crippen LogP contribution in [0.5, 0.6) is 0 Å². The zero-order valence-electron chi connectivity index (χ0n) is 15.1. The molecule has 0 radical (unpaired) electrons. The molecule has 4 heteroatoms. The molecule has 1 aromatic rings. The molecule has 2 bridgehead atoms. The molecule has 1 saturated heterocycles. The van der Waals surface area contributed by atoms with E-state index < -0.39 is 6.10 Å². The van der Waals surface area contributed by atoms with Crippen molar-refractivity contribution in [1.29, 1.82) is 0 Å². The van der Waals surface area contributed by atoms with Crippen molar-refractivity contribution in [2.24, 2.45) is 10.8 Å². The molecule has 2 fully saturated rings. The Balaban J connectivity index is 1.47. The lowest BCUT2D eigenvalue weighted by Crippen LogP contribution is -2.39. The first-order valence-corrected chi connectivity index (χ1v) is 9.00. The molecule has 3 rings (SSSR count). The minimum Gasteiger partial charge on any atom is -0.389 e. The smallest absolute Gasteiger partial charge is 0.128 e. The fourth-order valence-corrected chi connectivity index (χ4v) is 5.03. The van der Waals surface area contributed by atoms with Gasteiger partial charge in [0.15, 0.2) is 0 Å². The van der Waals surface area contributed by atoms with E-state index in [1.165, 1.54) is 25.3 Å². The van der Waals surface area contributed by atoms with Crippen LogP contribution in [0.15, 0.2) is 24.3 Å². The fourth-order valence-electron chi connectivity index (χ4n) is 5.03. The molecule has 1 saturated carbocycles. The Hall–Kier alpha value is -0.970. The Morgan fingerprint density at radius 3 is 2.79 bits per heavy atom. The van der Waals surface area contributed by atoms with Gasteiger partial charge in [-0.25, -0.2) is 4.39 Å². The van der Waals surface area contributed by atoms with E-state index >= 15 is 0 Å². The summed E-state index contributed by atoms with van der Waals surface area (Å²) in [6.07, 6.45) is 3.17. The Morgan fingerprint density at radius 2 is 2.04 bits per heavy atom. The molecular formula is C20H30FNO2. The number of aliphatic hydroxyl groups is 1. The Kier molecular flexibility index (Phi) is 5.01. The van der Waals surface area contributed by atoms with Crippen molar-refractivity contribution in [3.05, 3.63) is 35.6 Å². The van der Waals surface area contributed by atoms with Gasteiger partial charge in [0.2, 0.25) is 0 Å². The molecule has 2 aliphatic rings. The van der Waals surface area contributed by atoms with Crippen LogP contribution in [0.4, 0.5) is 4.39 Å². The summed E-state index contributed by atoms with van der Waals surface area (Å²) in [7, 11) is 0. The van der Waals surface area contributed by atoms with Gasteiger partial charge in [-0.3, -0.25) is 4.90 Å². The fraction of sp³-hybridized carbons (Fsp3) is 0.700. The maximum Gasteiger partial charge on any atom is 0.128 e. The van der Waals surface area contributed by atoms with Crippen molar-refractivity contribution in [2.45, 2.75) is 58.8 Å². The largest absolute Gasteiger partial charge is 0.389 e. The molecule has 24 heavy (non-hydrogen) atoms. The number of nitrogens with zero attached hydrogens (tertiary/aromatic N) is 1. The van der Waals surface area contributed by atoms with Crippen molar-refractivity contribution < 1.29 is 14.2 Å². The predicted octanol–water partition coefficient (Wildman–Crippen LogP) is 3.60. The number of hydrogen-bond donors (Lipinski definition) is 1. The number of rotatable bonds is 6. The van der Waals surface area contributed by atoms with Crippen molar-refractivity contribution in [2.75, 3.05) is 19.7 Å². The van der Waals surface area contributed by atoms with Gasteiger partial charge in [-0.05, 0) is 36.2 Å². The second-order valence-corrected chi connectivity index (χ2v) is 8.90. The number of hydrogen-bond acceptors (Lipinski definition) is 3. The summed E-state index contributed by atoms with van der Waals surface area (Å²) >= 11 is 0. The number of aliphatic hydroxyl groups excluding tert-OH is 1. The third-order valence-corrected chi connectivity index (χ3v) is 5.49.